The Hall–Kier alpha value is -2.55. The number of aryl methyl sites for hydroxylation is 1. The molecular weight excluding hydrogens is 393 g/mol. The number of aromatic hydroxyl groups is 1. The zero-order valence-electron chi connectivity index (χ0n) is 14.9. The first kappa shape index (κ1) is 20.2. The van der Waals surface area contributed by atoms with E-state index in [0.717, 1.165) is 41.9 Å². The molecule has 1 aromatic carbocycles. The maximum Gasteiger partial charge on any atom is 0.471 e. The highest BCUT2D eigenvalue weighted by molar-refractivity contribution is 7.17. The van der Waals surface area contributed by atoms with E-state index in [4.69, 9.17) is 0 Å². The van der Waals surface area contributed by atoms with E-state index < -0.39 is 18.0 Å². The Morgan fingerprint density at radius 1 is 0.964 bits per heavy atom. The monoisotopic (exact) mass is 412 g/mol. The summed E-state index contributed by atoms with van der Waals surface area (Å²) in [6.07, 6.45) is -0.0688. The zero-order chi connectivity index (χ0) is 20.3. The molecule has 0 fully saturated rings. The number of anilines is 2. The van der Waals surface area contributed by atoms with Crippen LogP contribution in [0.2, 0.25) is 0 Å². The number of benzene rings is 1. The van der Waals surface area contributed by atoms with E-state index in [1.807, 2.05) is 5.32 Å². The van der Waals surface area contributed by atoms with Gasteiger partial charge in [-0.1, -0.05) is 12.8 Å². The van der Waals surface area contributed by atoms with Crippen molar-refractivity contribution >= 4 is 33.8 Å². The molecule has 0 radical (unpaired) electrons. The van der Waals surface area contributed by atoms with Crippen molar-refractivity contribution in [3.63, 3.8) is 0 Å². The van der Waals surface area contributed by atoms with E-state index in [9.17, 15) is 27.9 Å². The maximum absolute atomic E-state index is 12.9. The summed E-state index contributed by atoms with van der Waals surface area (Å²) < 4.78 is 38.2. The second-order valence-corrected chi connectivity index (χ2v) is 7.68. The molecule has 0 unspecified atom stereocenters. The number of thiophene rings is 1. The molecule has 2 aromatic rings. The number of fused-ring (bicyclic) bond motifs is 1. The van der Waals surface area contributed by atoms with Crippen molar-refractivity contribution in [3.05, 3.63) is 40.3 Å². The highest BCUT2D eigenvalue weighted by Crippen LogP contribution is 2.38. The molecule has 150 valence electrons. The standard InChI is InChI=1S/C19H19F3N2O3S/c20-19(21,22)18(27)24-17-15(13-5-3-1-2-4-6-14(13)28-17)16(26)23-11-7-9-12(25)10-8-11/h7-10,25H,1-6H2,(H,23,26)(H,24,27). The molecule has 1 heterocycles. The third-order valence-electron chi connectivity index (χ3n) is 4.51. The predicted molar refractivity (Wildman–Crippen MR) is 101 cm³/mol. The molecule has 28 heavy (non-hydrogen) atoms. The van der Waals surface area contributed by atoms with Crippen LogP contribution in [0.15, 0.2) is 24.3 Å². The van der Waals surface area contributed by atoms with Crippen LogP contribution in [0.25, 0.3) is 0 Å². The van der Waals surface area contributed by atoms with Crippen molar-refractivity contribution in [2.75, 3.05) is 10.6 Å². The normalized spacial score (nSPS) is 14.5. The van der Waals surface area contributed by atoms with Gasteiger partial charge in [-0.2, -0.15) is 13.2 Å². The van der Waals surface area contributed by atoms with Crippen LogP contribution >= 0.6 is 11.3 Å². The zero-order valence-corrected chi connectivity index (χ0v) is 15.7. The minimum Gasteiger partial charge on any atom is -0.508 e. The molecule has 0 saturated carbocycles. The summed E-state index contributed by atoms with van der Waals surface area (Å²) in [7, 11) is 0. The van der Waals surface area contributed by atoms with Crippen LogP contribution in [0.3, 0.4) is 0 Å². The highest BCUT2D eigenvalue weighted by atomic mass is 32.1. The fourth-order valence-electron chi connectivity index (χ4n) is 3.16. The summed E-state index contributed by atoms with van der Waals surface area (Å²) in [5.41, 5.74) is 1.19. The Labute approximate surface area is 163 Å². The first-order valence-electron chi connectivity index (χ1n) is 8.89. The molecule has 5 nitrogen and oxygen atoms in total. The van der Waals surface area contributed by atoms with Gasteiger partial charge in [0.1, 0.15) is 10.8 Å². The predicted octanol–water partition coefficient (Wildman–Crippen LogP) is 4.87. The number of carbonyl (C=O) groups excluding carboxylic acids is 2. The van der Waals surface area contributed by atoms with Crippen molar-refractivity contribution in [2.24, 2.45) is 0 Å². The number of amides is 2. The molecule has 1 aliphatic carbocycles. The summed E-state index contributed by atoms with van der Waals surface area (Å²) in [5, 5.41) is 13.8. The minimum atomic E-state index is -5.04. The molecule has 3 N–H and O–H groups in total. The fraction of sp³-hybridized carbons (Fsp3) is 0.368. The van der Waals surface area contributed by atoms with E-state index in [-0.39, 0.29) is 16.3 Å². The number of phenols is 1. The maximum atomic E-state index is 12.9. The number of hydrogen-bond donors (Lipinski definition) is 3. The molecule has 0 bridgehead atoms. The van der Waals surface area contributed by atoms with Gasteiger partial charge < -0.3 is 15.7 Å². The van der Waals surface area contributed by atoms with Gasteiger partial charge in [0.05, 0.1) is 5.56 Å². The Morgan fingerprint density at radius 2 is 1.61 bits per heavy atom. The van der Waals surface area contributed by atoms with Gasteiger partial charge in [0.25, 0.3) is 5.91 Å². The molecule has 1 aromatic heterocycles. The summed E-state index contributed by atoms with van der Waals surface area (Å²) >= 11 is 1.04. The first-order chi connectivity index (χ1) is 13.3. The molecule has 0 aliphatic heterocycles. The molecule has 0 spiro atoms. The van der Waals surface area contributed by atoms with Crippen LogP contribution in [0, 0.1) is 0 Å². The van der Waals surface area contributed by atoms with Crippen molar-refractivity contribution in [3.8, 4) is 5.75 Å². The number of phenolic OH excluding ortho intramolecular Hbond substituents is 1. The van der Waals surface area contributed by atoms with Crippen LogP contribution in [0.1, 0.15) is 46.5 Å². The van der Waals surface area contributed by atoms with E-state index >= 15 is 0 Å². The smallest absolute Gasteiger partial charge is 0.471 e. The lowest BCUT2D eigenvalue weighted by Crippen LogP contribution is -2.30. The largest absolute Gasteiger partial charge is 0.508 e. The van der Waals surface area contributed by atoms with Gasteiger partial charge in [-0.05, 0) is 55.5 Å². The average Bonchev–Trinajstić information content (AvgIpc) is 2.92. The topological polar surface area (TPSA) is 78.4 Å². The number of rotatable bonds is 3. The molecular formula is C19H19F3N2O3S. The van der Waals surface area contributed by atoms with E-state index in [1.54, 1.807) is 0 Å². The van der Waals surface area contributed by atoms with Gasteiger partial charge in [0, 0.05) is 10.6 Å². The second kappa shape index (κ2) is 8.22. The molecule has 9 heteroatoms. The van der Waals surface area contributed by atoms with Gasteiger partial charge in [0.2, 0.25) is 0 Å². The second-order valence-electron chi connectivity index (χ2n) is 6.58. The van der Waals surface area contributed by atoms with E-state index in [1.165, 1.54) is 24.3 Å². The summed E-state index contributed by atoms with van der Waals surface area (Å²) in [5.74, 6) is -2.65. The van der Waals surface area contributed by atoms with Gasteiger partial charge in [0.15, 0.2) is 0 Å². The Bertz CT molecular complexity index is 876. The van der Waals surface area contributed by atoms with E-state index in [2.05, 4.69) is 5.32 Å². The van der Waals surface area contributed by atoms with Crippen molar-refractivity contribution in [1.82, 2.24) is 0 Å². The quantitative estimate of drug-likeness (QED) is 0.630. The lowest BCUT2D eigenvalue weighted by molar-refractivity contribution is -0.167. The third kappa shape index (κ3) is 4.64. The molecule has 3 rings (SSSR count). The highest BCUT2D eigenvalue weighted by Gasteiger charge is 2.40. The van der Waals surface area contributed by atoms with Crippen molar-refractivity contribution in [1.29, 1.82) is 0 Å². The summed E-state index contributed by atoms with van der Waals surface area (Å²) in [6.45, 7) is 0. The fourth-order valence-corrected chi connectivity index (χ4v) is 4.44. The van der Waals surface area contributed by atoms with Crippen LogP contribution in [0.4, 0.5) is 23.9 Å². The van der Waals surface area contributed by atoms with E-state index in [0.29, 0.717) is 24.1 Å². The van der Waals surface area contributed by atoms with Gasteiger partial charge in [-0.3, -0.25) is 9.59 Å². The van der Waals surface area contributed by atoms with Gasteiger partial charge >= 0.3 is 12.1 Å². The molecule has 1 aliphatic rings. The number of alkyl halides is 3. The lowest BCUT2D eigenvalue weighted by Gasteiger charge is -2.13. The van der Waals surface area contributed by atoms with Crippen LogP contribution in [0.5, 0.6) is 5.75 Å². The van der Waals surface area contributed by atoms with Gasteiger partial charge in [-0.15, -0.1) is 11.3 Å². The molecule has 2 amide bonds. The Morgan fingerprint density at radius 3 is 2.25 bits per heavy atom. The van der Waals surface area contributed by atoms with Crippen LogP contribution in [-0.2, 0) is 17.6 Å². The molecule has 0 atom stereocenters. The number of hydrogen-bond acceptors (Lipinski definition) is 4. The summed E-state index contributed by atoms with van der Waals surface area (Å²) in [6, 6.07) is 5.75. The Balaban J connectivity index is 1.96. The number of halogens is 3. The number of nitrogens with one attached hydrogen (secondary N) is 2. The lowest BCUT2D eigenvalue weighted by atomic mass is 9.96. The number of carbonyl (C=O) groups is 2. The first-order valence-corrected chi connectivity index (χ1v) is 9.70. The third-order valence-corrected chi connectivity index (χ3v) is 5.72. The SMILES string of the molecule is O=C(Nc1ccc(O)cc1)c1c(NC(=O)C(F)(F)F)sc2c1CCCCCC2. The van der Waals surface area contributed by atoms with Crippen molar-refractivity contribution in [2.45, 2.75) is 44.7 Å². The Kier molecular flexibility index (Phi) is 5.93. The average molecular weight is 412 g/mol. The van der Waals surface area contributed by atoms with Crippen LogP contribution < -0.4 is 10.6 Å². The van der Waals surface area contributed by atoms with Crippen molar-refractivity contribution < 1.29 is 27.9 Å². The molecule has 0 saturated heterocycles. The van der Waals surface area contributed by atoms with Crippen LogP contribution in [-0.4, -0.2) is 23.1 Å². The summed E-state index contributed by atoms with van der Waals surface area (Å²) in [4.78, 5) is 25.2. The minimum absolute atomic E-state index is 0.0248. The van der Waals surface area contributed by atoms with Gasteiger partial charge in [-0.25, -0.2) is 0 Å².